The van der Waals surface area contributed by atoms with E-state index in [4.69, 9.17) is 0 Å². The van der Waals surface area contributed by atoms with Gasteiger partial charge in [0.25, 0.3) is 0 Å². The van der Waals surface area contributed by atoms with Crippen LogP contribution in [-0.4, -0.2) is 49.3 Å². The van der Waals surface area contributed by atoms with Gasteiger partial charge in [-0.15, -0.1) is 0 Å². The molecule has 0 bridgehead atoms. The van der Waals surface area contributed by atoms with Crippen molar-refractivity contribution in [3.63, 3.8) is 0 Å². The fourth-order valence-corrected chi connectivity index (χ4v) is 2.41. The minimum absolute atomic E-state index is 1.32. The van der Waals surface area contributed by atoms with Gasteiger partial charge in [-0.2, -0.15) is 0 Å². The van der Waals surface area contributed by atoms with Crippen molar-refractivity contribution in [3.05, 3.63) is 0 Å². The Hall–Kier alpha value is -0.0800. The van der Waals surface area contributed by atoms with E-state index in [1.807, 2.05) is 0 Å². The van der Waals surface area contributed by atoms with Gasteiger partial charge in [0.05, 0.1) is 26.2 Å². The molecule has 2 rings (SSSR count). The average Bonchev–Trinajstić information content (AvgIpc) is 2.46. The summed E-state index contributed by atoms with van der Waals surface area (Å²) in [6.07, 6.45) is 2.93. The Kier molecular flexibility index (Phi) is 1.46. The number of nitrogens with zero attached hydrogens (tertiary/aromatic N) is 2. The summed E-state index contributed by atoms with van der Waals surface area (Å²) < 4.78 is 1.41. The summed E-state index contributed by atoms with van der Waals surface area (Å²) in [5.74, 6) is 0. The Morgan fingerprint density at radius 3 is 2.30 bits per heavy atom. The molecule has 2 aliphatic heterocycles. The third-order valence-electron chi connectivity index (χ3n) is 3.01. The molecule has 2 fully saturated rings. The minimum atomic E-state index is 1.32. The fourth-order valence-electron chi connectivity index (χ4n) is 2.41. The van der Waals surface area contributed by atoms with E-state index in [1.54, 1.807) is 0 Å². The van der Waals surface area contributed by atoms with E-state index in [-0.39, 0.29) is 0 Å². The minimum Gasteiger partial charge on any atom is -0.310 e. The van der Waals surface area contributed by atoms with Crippen LogP contribution in [0.3, 0.4) is 0 Å². The van der Waals surface area contributed by atoms with E-state index >= 15 is 0 Å². The second kappa shape index (κ2) is 2.21. The van der Waals surface area contributed by atoms with Crippen LogP contribution in [0, 0.1) is 0 Å². The summed E-state index contributed by atoms with van der Waals surface area (Å²) in [5, 5.41) is 0. The fraction of sp³-hybridized carbons (Fsp3) is 1.00. The highest BCUT2D eigenvalue weighted by Gasteiger charge is 2.37. The molecule has 10 heavy (non-hydrogen) atoms. The van der Waals surface area contributed by atoms with Gasteiger partial charge in [0, 0.05) is 12.8 Å². The molecule has 0 aromatic heterocycles. The molecule has 0 N–H and O–H groups in total. The molecule has 1 spiro atoms. The standard InChI is InChI=1S/C8H17N2/c1-9-4-7-10(8-9)5-2-3-6-10/h2-8H2,1H3/q+1. The highest BCUT2D eigenvalue weighted by atomic mass is 15.5. The molecule has 0 aliphatic carbocycles. The topological polar surface area (TPSA) is 3.24 Å². The van der Waals surface area contributed by atoms with E-state index in [9.17, 15) is 0 Å². The van der Waals surface area contributed by atoms with E-state index in [0.717, 1.165) is 0 Å². The van der Waals surface area contributed by atoms with Crippen LogP contribution in [0.5, 0.6) is 0 Å². The molecule has 0 aromatic rings. The maximum absolute atomic E-state index is 2.46. The van der Waals surface area contributed by atoms with Crippen LogP contribution in [0.2, 0.25) is 0 Å². The molecule has 2 saturated heterocycles. The molecule has 0 saturated carbocycles. The third-order valence-corrected chi connectivity index (χ3v) is 3.01. The quantitative estimate of drug-likeness (QED) is 0.444. The lowest BCUT2D eigenvalue weighted by atomic mass is 10.4. The first kappa shape index (κ1) is 6.62. The molecule has 2 aliphatic rings. The van der Waals surface area contributed by atoms with Gasteiger partial charge in [0.2, 0.25) is 0 Å². The van der Waals surface area contributed by atoms with Crippen molar-refractivity contribution >= 4 is 0 Å². The van der Waals surface area contributed by atoms with Crippen molar-refractivity contribution < 1.29 is 4.48 Å². The number of hydrogen-bond donors (Lipinski definition) is 0. The van der Waals surface area contributed by atoms with Crippen LogP contribution in [0.25, 0.3) is 0 Å². The molecule has 0 radical (unpaired) electrons. The van der Waals surface area contributed by atoms with Crippen molar-refractivity contribution in [1.82, 2.24) is 4.90 Å². The second-order valence-corrected chi connectivity index (χ2v) is 3.94. The molecule has 0 atom stereocenters. The number of rotatable bonds is 0. The Morgan fingerprint density at radius 1 is 1.10 bits per heavy atom. The predicted molar refractivity (Wildman–Crippen MR) is 41.6 cm³/mol. The Bertz CT molecular complexity index is 127. The normalized spacial score (nSPS) is 32.1. The van der Waals surface area contributed by atoms with Crippen LogP contribution in [0.15, 0.2) is 0 Å². The van der Waals surface area contributed by atoms with Gasteiger partial charge in [-0.25, -0.2) is 0 Å². The molecule has 2 heteroatoms. The second-order valence-electron chi connectivity index (χ2n) is 3.94. The van der Waals surface area contributed by atoms with Crippen LogP contribution in [-0.2, 0) is 0 Å². The molecule has 2 heterocycles. The van der Waals surface area contributed by atoms with Gasteiger partial charge in [0.1, 0.15) is 6.67 Å². The molecule has 0 aromatic carbocycles. The van der Waals surface area contributed by atoms with E-state index in [0.29, 0.717) is 0 Å². The van der Waals surface area contributed by atoms with Gasteiger partial charge >= 0.3 is 0 Å². The van der Waals surface area contributed by atoms with Crippen molar-refractivity contribution in [1.29, 1.82) is 0 Å². The van der Waals surface area contributed by atoms with Gasteiger partial charge in [-0.3, -0.25) is 4.90 Å². The Balaban J connectivity index is 2.03. The zero-order valence-corrected chi connectivity index (χ0v) is 6.84. The lowest BCUT2D eigenvalue weighted by molar-refractivity contribution is -0.908. The maximum Gasteiger partial charge on any atom is 0.135 e. The van der Waals surface area contributed by atoms with E-state index in [1.165, 1.54) is 50.2 Å². The first-order chi connectivity index (χ1) is 4.81. The first-order valence-corrected chi connectivity index (χ1v) is 4.34. The van der Waals surface area contributed by atoms with E-state index < -0.39 is 0 Å². The van der Waals surface area contributed by atoms with Gasteiger partial charge in [0.15, 0.2) is 0 Å². The SMILES string of the molecule is CN1CC[N+]2(CCCC2)C1. The van der Waals surface area contributed by atoms with Crippen LogP contribution < -0.4 is 0 Å². The van der Waals surface area contributed by atoms with Gasteiger partial charge in [-0.1, -0.05) is 0 Å². The van der Waals surface area contributed by atoms with Crippen LogP contribution in [0.4, 0.5) is 0 Å². The summed E-state index contributed by atoms with van der Waals surface area (Å²) in [5.41, 5.74) is 0. The van der Waals surface area contributed by atoms with E-state index in [2.05, 4.69) is 11.9 Å². The zero-order valence-electron chi connectivity index (χ0n) is 6.84. The average molecular weight is 141 g/mol. The van der Waals surface area contributed by atoms with Gasteiger partial charge in [-0.05, 0) is 7.05 Å². The molecule has 2 nitrogen and oxygen atoms in total. The van der Waals surface area contributed by atoms with Crippen LogP contribution in [0.1, 0.15) is 12.8 Å². The first-order valence-electron chi connectivity index (χ1n) is 4.34. The summed E-state index contributed by atoms with van der Waals surface area (Å²) in [6, 6.07) is 0. The summed E-state index contributed by atoms with van der Waals surface area (Å²) in [4.78, 5) is 2.46. The summed E-state index contributed by atoms with van der Waals surface area (Å²) in [7, 11) is 2.24. The Morgan fingerprint density at radius 2 is 1.80 bits per heavy atom. The largest absolute Gasteiger partial charge is 0.310 e. The summed E-state index contributed by atoms with van der Waals surface area (Å²) in [6.45, 7) is 6.95. The Labute approximate surface area is 63.0 Å². The summed E-state index contributed by atoms with van der Waals surface area (Å²) >= 11 is 0. The lowest BCUT2D eigenvalue weighted by Gasteiger charge is -2.27. The lowest BCUT2D eigenvalue weighted by Crippen LogP contribution is -2.43. The number of likely N-dealkylation sites (N-methyl/N-ethyl adjacent to an activating group) is 1. The highest BCUT2D eigenvalue weighted by molar-refractivity contribution is 4.62. The molecule has 58 valence electrons. The molecule has 0 unspecified atom stereocenters. The van der Waals surface area contributed by atoms with Crippen molar-refractivity contribution in [2.24, 2.45) is 0 Å². The molecular formula is C8H17N2+. The molecular weight excluding hydrogens is 124 g/mol. The predicted octanol–water partition coefficient (Wildman–Crippen LogP) is 0.500. The smallest absolute Gasteiger partial charge is 0.135 e. The van der Waals surface area contributed by atoms with Crippen molar-refractivity contribution in [3.8, 4) is 0 Å². The monoisotopic (exact) mass is 141 g/mol. The van der Waals surface area contributed by atoms with Crippen molar-refractivity contribution in [2.45, 2.75) is 12.8 Å². The van der Waals surface area contributed by atoms with Crippen LogP contribution >= 0.6 is 0 Å². The highest BCUT2D eigenvalue weighted by Crippen LogP contribution is 2.23. The third kappa shape index (κ3) is 0.956. The maximum atomic E-state index is 2.46. The van der Waals surface area contributed by atoms with Gasteiger partial charge < -0.3 is 4.48 Å². The zero-order chi connectivity index (χ0) is 7.03. The number of quaternary nitrogens is 1. The number of hydrogen-bond acceptors (Lipinski definition) is 1. The molecule has 0 amide bonds. The van der Waals surface area contributed by atoms with Crippen molar-refractivity contribution in [2.75, 3.05) is 39.9 Å².